The van der Waals surface area contributed by atoms with Crippen molar-refractivity contribution in [3.05, 3.63) is 48.5 Å². The Morgan fingerprint density at radius 1 is 0.879 bits per heavy atom. The normalized spacial score (nSPS) is 18.9. The summed E-state index contributed by atoms with van der Waals surface area (Å²) in [5, 5.41) is 5.15. The number of imide groups is 1. The minimum Gasteiger partial charge on any atom is -0.326 e. The Balaban J connectivity index is 1.36. The number of hydrogen-bond donors (Lipinski definition) is 2. The van der Waals surface area contributed by atoms with Crippen molar-refractivity contribution >= 4 is 52.5 Å². The van der Waals surface area contributed by atoms with Gasteiger partial charge in [-0.2, -0.15) is 0 Å². The van der Waals surface area contributed by atoms with Crippen molar-refractivity contribution in [1.82, 2.24) is 0 Å². The molecule has 2 aliphatic rings. The molecular formula is C25H27N3O4S. The first-order valence-corrected chi connectivity index (χ1v) is 12.1. The van der Waals surface area contributed by atoms with Gasteiger partial charge in [-0.15, -0.1) is 11.8 Å². The molecule has 1 saturated heterocycles. The average Bonchev–Trinajstić information content (AvgIpc) is 3.08. The molecule has 0 spiro atoms. The third-order valence-corrected chi connectivity index (χ3v) is 7.12. The van der Waals surface area contributed by atoms with Crippen LogP contribution in [0.5, 0.6) is 0 Å². The smallest absolute Gasteiger partial charge is 0.247 e. The van der Waals surface area contributed by atoms with Gasteiger partial charge in [-0.25, -0.2) is 4.90 Å². The summed E-state index contributed by atoms with van der Waals surface area (Å²) in [6.07, 6.45) is 5.44. The molecule has 33 heavy (non-hydrogen) atoms. The number of thioether (sulfide) groups is 1. The van der Waals surface area contributed by atoms with Gasteiger partial charge in [0, 0.05) is 35.5 Å². The van der Waals surface area contributed by atoms with Crippen molar-refractivity contribution in [2.45, 2.75) is 55.6 Å². The number of nitrogens with zero attached hydrogens (tertiary/aromatic N) is 1. The molecule has 4 amide bonds. The fourth-order valence-electron chi connectivity index (χ4n) is 4.25. The third-order valence-electron chi connectivity index (χ3n) is 5.93. The van der Waals surface area contributed by atoms with Crippen molar-refractivity contribution in [2.24, 2.45) is 5.92 Å². The molecule has 1 unspecified atom stereocenters. The second-order valence-corrected chi connectivity index (χ2v) is 9.73. The SMILES string of the molecule is CC(=O)Nc1ccc(N2C(=O)CC(Sc3ccc(NC(=O)C4CCCCC4)cc3)C2=O)cc1. The molecule has 0 bridgehead atoms. The van der Waals surface area contributed by atoms with Crippen molar-refractivity contribution in [1.29, 1.82) is 0 Å². The Morgan fingerprint density at radius 3 is 2.12 bits per heavy atom. The van der Waals surface area contributed by atoms with Crippen LogP contribution in [0.1, 0.15) is 45.4 Å². The zero-order valence-electron chi connectivity index (χ0n) is 18.5. The predicted octanol–water partition coefficient (Wildman–Crippen LogP) is 4.59. The number of rotatable bonds is 6. The van der Waals surface area contributed by atoms with Gasteiger partial charge in [-0.3, -0.25) is 19.2 Å². The summed E-state index contributed by atoms with van der Waals surface area (Å²) >= 11 is 1.35. The van der Waals surface area contributed by atoms with Crippen molar-refractivity contribution in [3.63, 3.8) is 0 Å². The minimum atomic E-state index is -0.504. The van der Waals surface area contributed by atoms with Gasteiger partial charge < -0.3 is 10.6 Å². The average molecular weight is 466 g/mol. The Bertz CT molecular complexity index is 1050. The molecule has 4 rings (SSSR count). The van der Waals surface area contributed by atoms with Crippen molar-refractivity contribution in [3.8, 4) is 0 Å². The Morgan fingerprint density at radius 2 is 1.48 bits per heavy atom. The highest BCUT2D eigenvalue weighted by Gasteiger charge is 2.40. The molecule has 2 N–H and O–H groups in total. The number of amides is 4. The fraction of sp³-hybridized carbons (Fsp3) is 0.360. The van der Waals surface area contributed by atoms with E-state index in [2.05, 4.69) is 10.6 Å². The van der Waals surface area contributed by atoms with Gasteiger partial charge in [0.2, 0.25) is 23.6 Å². The van der Waals surface area contributed by atoms with Gasteiger partial charge in [0.15, 0.2) is 0 Å². The lowest BCUT2D eigenvalue weighted by Gasteiger charge is -2.20. The zero-order valence-corrected chi connectivity index (χ0v) is 19.3. The first-order valence-electron chi connectivity index (χ1n) is 11.2. The lowest BCUT2D eigenvalue weighted by atomic mass is 9.88. The molecule has 0 aromatic heterocycles. The summed E-state index contributed by atoms with van der Waals surface area (Å²) in [7, 11) is 0. The molecule has 8 heteroatoms. The molecule has 7 nitrogen and oxygen atoms in total. The summed E-state index contributed by atoms with van der Waals surface area (Å²) in [6, 6.07) is 14.0. The summed E-state index contributed by atoms with van der Waals surface area (Å²) in [4.78, 5) is 51.1. The summed E-state index contributed by atoms with van der Waals surface area (Å²) in [5.41, 5.74) is 1.83. The number of anilines is 3. The Kier molecular flexibility index (Phi) is 7.13. The molecule has 172 valence electrons. The number of carbonyl (C=O) groups excluding carboxylic acids is 4. The summed E-state index contributed by atoms with van der Waals surface area (Å²) < 4.78 is 0. The van der Waals surface area contributed by atoms with E-state index in [0.29, 0.717) is 11.4 Å². The van der Waals surface area contributed by atoms with Crippen LogP contribution in [0.2, 0.25) is 0 Å². The molecule has 1 saturated carbocycles. The van der Waals surface area contributed by atoms with E-state index < -0.39 is 5.25 Å². The third kappa shape index (κ3) is 5.63. The van der Waals surface area contributed by atoms with Gasteiger partial charge in [-0.05, 0) is 61.4 Å². The van der Waals surface area contributed by atoms with Crippen LogP contribution in [0.25, 0.3) is 0 Å². The number of hydrogen-bond acceptors (Lipinski definition) is 5. The van der Waals surface area contributed by atoms with E-state index in [9.17, 15) is 19.2 Å². The first kappa shape index (κ1) is 23.0. The highest BCUT2D eigenvalue weighted by atomic mass is 32.2. The maximum absolute atomic E-state index is 12.9. The molecule has 2 aromatic carbocycles. The first-order chi connectivity index (χ1) is 15.9. The van der Waals surface area contributed by atoms with Crippen LogP contribution in [0.15, 0.2) is 53.4 Å². The van der Waals surface area contributed by atoms with Crippen LogP contribution in [-0.2, 0) is 19.2 Å². The van der Waals surface area contributed by atoms with E-state index in [1.54, 1.807) is 24.3 Å². The molecule has 2 aromatic rings. The van der Waals surface area contributed by atoms with E-state index in [4.69, 9.17) is 0 Å². The standard InChI is InChI=1S/C25H27N3O4S/c1-16(29)26-18-7-11-20(12-8-18)28-23(30)15-22(25(28)32)33-21-13-9-19(10-14-21)27-24(31)17-5-3-2-4-6-17/h7-14,17,22H,2-6,15H2,1H3,(H,26,29)(H,27,31). The number of carbonyl (C=O) groups is 4. The van der Waals surface area contributed by atoms with Gasteiger partial charge in [0.05, 0.1) is 10.9 Å². The minimum absolute atomic E-state index is 0.0758. The highest BCUT2D eigenvalue weighted by Crippen LogP contribution is 2.35. The molecular weight excluding hydrogens is 438 g/mol. The van der Waals surface area contributed by atoms with E-state index in [0.717, 1.165) is 36.3 Å². The predicted molar refractivity (Wildman–Crippen MR) is 129 cm³/mol. The quantitative estimate of drug-likeness (QED) is 0.609. The van der Waals surface area contributed by atoms with E-state index in [1.165, 1.54) is 30.0 Å². The molecule has 1 heterocycles. The maximum Gasteiger partial charge on any atom is 0.247 e. The van der Waals surface area contributed by atoms with Crippen LogP contribution >= 0.6 is 11.8 Å². The van der Waals surface area contributed by atoms with Gasteiger partial charge in [0.1, 0.15) is 0 Å². The van der Waals surface area contributed by atoms with E-state index in [-0.39, 0.29) is 36.0 Å². The van der Waals surface area contributed by atoms with Crippen LogP contribution in [0, 0.1) is 5.92 Å². The van der Waals surface area contributed by atoms with Crippen LogP contribution < -0.4 is 15.5 Å². The molecule has 1 atom stereocenters. The topological polar surface area (TPSA) is 95.6 Å². The van der Waals surface area contributed by atoms with Crippen LogP contribution in [-0.4, -0.2) is 28.9 Å². The second-order valence-electron chi connectivity index (χ2n) is 8.45. The van der Waals surface area contributed by atoms with Crippen LogP contribution in [0.3, 0.4) is 0 Å². The molecule has 0 radical (unpaired) electrons. The van der Waals surface area contributed by atoms with Gasteiger partial charge >= 0.3 is 0 Å². The zero-order chi connectivity index (χ0) is 23.4. The lowest BCUT2D eigenvalue weighted by molar-refractivity contribution is -0.122. The largest absolute Gasteiger partial charge is 0.326 e. The van der Waals surface area contributed by atoms with E-state index >= 15 is 0 Å². The lowest BCUT2D eigenvalue weighted by Crippen LogP contribution is -2.31. The fourth-order valence-corrected chi connectivity index (χ4v) is 5.31. The summed E-state index contributed by atoms with van der Waals surface area (Å²) in [6.45, 7) is 1.42. The van der Waals surface area contributed by atoms with Crippen molar-refractivity contribution in [2.75, 3.05) is 15.5 Å². The molecule has 1 aliphatic carbocycles. The number of nitrogens with one attached hydrogen (secondary N) is 2. The molecule has 2 fully saturated rings. The summed E-state index contributed by atoms with van der Waals surface area (Å²) in [5.74, 6) is -0.528. The van der Waals surface area contributed by atoms with Gasteiger partial charge in [0.25, 0.3) is 0 Å². The Labute approximate surface area is 197 Å². The van der Waals surface area contributed by atoms with E-state index in [1.807, 2.05) is 24.3 Å². The maximum atomic E-state index is 12.9. The Hall–Kier alpha value is -3.13. The van der Waals surface area contributed by atoms with Crippen molar-refractivity contribution < 1.29 is 19.2 Å². The highest BCUT2D eigenvalue weighted by molar-refractivity contribution is 8.00. The van der Waals surface area contributed by atoms with Gasteiger partial charge in [-0.1, -0.05) is 19.3 Å². The number of benzene rings is 2. The second kappa shape index (κ2) is 10.2. The molecule has 1 aliphatic heterocycles. The monoisotopic (exact) mass is 465 g/mol. The van der Waals surface area contributed by atoms with Crippen LogP contribution in [0.4, 0.5) is 17.1 Å².